The molecule has 0 bridgehead atoms. The molecule has 0 aliphatic carbocycles. The molecule has 0 radical (unpaired) electrons. The zero-order valence-electron chi connectivity index (χ0n) is 6.15. The summed E-state index contributed by atoms with van der Waals surface area (Å²) >= 11 is 0. The third kappa shape index (κ3) is 1.17. The SMILES string of the molecule is O=C(O)c1ccccc1C1NO1. The topological polar surface area (TPSA) is 71.8 Å². The Morgan fingerprint density at radius 3 is 2.75 bits per heavy atom. The second-order valence-corrected chi connectivity index (χ2v) is 2.51. The average Bonchev–Trinajstić information content (AvgIpc) is 2.87. The number of carboxylic acids is 1. The molecule has 1 aromatic rings. The van der Waals surface area contributed by atoms with Crippen LogP contribution < -0.4 is 5.48 Å². The highest BCUT2D eigenvalue weighted by Crippen LogP contribution is 2.26. The van der Waals surface area contributed by atoms with E-state index in [1.165, 1.54) is 0 Å². The van der Waals surface area contributed by atoms with Crippen LogP contribution in [0.25, 0.3) is 0 Å². The Kier molecular flexibility index (Phi) is 1.56. The Bertz CT molecular complexity index is 320. The molecule has 0 amide bonds. The van der Waals surface area contributed by atoms with Crippen LogP contribution >= 0.6 is 0 Å². The first kappa shape index (κ1) is 7.27. The highest BCUT2D eigenvalue weighted by molar-refractivity contribution is 5.89. The van der Waals surface area contributed by atoms with Crippen molar-refractivity contribution >= 4 is 5.97 Å². The summed E-state index contributed by atoms with van der Waals surface area (Å²) in [6.45, 7) is 0. The first-order valence-electron chi connectivity index (χ1n) is 3.52. The van der Waals surface area contributed by atoms with Crippen molar-refractivity contribution < 1.29 is 14.7 Å². The lowest BCUT2D eigenvalue weighted by molar-refractivity contribution is 0.0695. The monoisotopic (exact) mass is 165 g/mol. The molecule has 1 unspecified atom stereocenters. The van der Waals surface area contributed by atoms with E-state index < -0.39 is 5.97 Å². The van der Waals surface area contributed by atoms with Gasteiger partial charge >= 0.3 is 5.97 Å². The summed E-state index contributed by atoms with van der Waals surface area (Å²) in [6, 6.07) is 6.76. The third-order valence-corrected chi connectivity index (χ3v) is 1.71. The Morgan fingerprint density at radius 1 is 1.50 bits per heavy atom. The Balaban J connectivity index is 2.43. The smallest absolute Gasteiger partial charge is 0.336 e. The molecule has 1 atom stereocenters. The van der Waals surface area contributed by atoms with Crippen LogP contribution in [0.4, 0.5) is 0 Å². The van der Waals surface area contributed by atoms with Crippen LogP contribution in [0, 0.1) is 0 Å². The van der Waals surface area contributed by atoms with Crippen molar-refractivity contribution in [3.8, 4) is 0 Å². The number of carboxylic acid groups (broad SMARTS) is 1. The second kappa shape index (κ2) is 2.58. The number of rotatable bonds is 2. The second-order valence-electron chi connectivity index (χ2n) is 2.51. The van der Waals surface area contributed by atoms with Crippen LogP contribution in [-0.2, 0) is 4.84 Å². The van der Waals surface area contributed by atoms with Crippen LogP contribution in [0.1, 0.15) is 22.1 Å². The zero-order chi connectivity index (χ0) is 8.55. The molecule has 4 heteroatoms. The highest BCUT2D eigenvalue weighted by Gasteiger charge is 2.28. The van der Waals surface area contributed by atoms with E-state index in [2.05, 4.69) is 5.48 Å². The van der Waals surface area contributed by atoms with Gasteiger partial charge in [-0.25, -0.2) is 4.79 Å². The highest BCUT2D eigenvalue weighted by atomic mass is 16.8. The lowest BCUT2D eigenvalue weighted by Gasteiger charge is -1.99. The maximum absolute atomic E-state index is 10.7. The summed E-state index contributed by atoms with van der Waals surface area (Å²) in [5.41, 5.74) is 3.54. The average molecular weight is 165 g/mol. The Labute approximate surface area is 68.7 Å². The van der Waals surface area contributed by atoms with Crippen LogP contribution in [0.3, 0.4) is 0 Å². The summed E-state index contributed by atoms with van der Waals surface area (Å²) < 4.78 is 0. The summed E-state index contributed by atoms with van der Waals surface area (Å²) in [6.07, 6.45) is -0.239. The van der Waals surface area contributed by atoms with Gasteiger partial charge in [0.1, 0.15) is 0 Å². The number of hydrogen-bond acceptors (Lipinski definition) is 3. The number of benzene rings is 1. The molecule has 12 heavy (non-hydrogen) atoms. The number of hydrogen-bond donors (Lipinski definition) is 2. The van der Waals surface area contributed by atoms with Crippen LogP contribution in [0.2, 0.25) is 0 Å². The molecule has 1 aliphatic heterocycles. The standard InChI is InChI=1S/C8H7NO3/c10-8(11)6-4-2-1-3-5(6)7-9-12-7/h1-4,7,9H,(H,10,11). The predicted octanol–water partition coefficient (Wildman–Crippen LogP) is 0.918. The number of carbonyl (C=O) groups is 1. The molecule has 2 rings (SSSR count). The van der Waals surface area contributed by atoms with Gasteiger partial charge < -0.3 is 5.11 Å². The van der Waals surface area contributed by atoms with Gasteiger partial charge in [0.2, 0.25) is 0 Å². The molecule has 1 aromatic carbocycles. The van der Waals surface area contributed by atoms with E-state index in [4.69, 9.17) is 9.94 Å². The summed E-state index contributed by atoms with van der Waals surface area (Å²) in [5, 5.41) is 8.76. The summed E-state index contributed by atoms with van der Waals surface area (Å²) in [4.78, 5) is 15.4. The molecule has 1 fully saturated rings. The molecule has 1 saturated heterocycles. The van der Waals surface area contributed by atoms with E-state index in [0.29, 0.717) is 5.56 Å². The number of hydroxylamine groups is 1. The quantitative estimate of drug-likeness (QED) is 0.639. The Hall–Kier alpha value is -1.39. The van der Waals surface area contributed by atoms with Crippen molar-refractivity contribution in [2.24, 2.45) is 0 Å². The van der Waals surface area contributed by atoms with Gasteiger partial charge in [0.15, 0.2) is 6.23 Å². The van der Waals surface area contributed by atoms with Gasteiger partial charge in [0.05, 0.1) is 5.56 Å². The fourth-order valence-corrected chi connectivity index (χ4v) is 1.08. The fourth-order valence-electron chi connectivity index (χ4n) is 1.08. The largest absolute Gasteiger partial charge is 0.478 e. The van der Waals surface area contributed by atoms with E-state index in [1.54, 1.807) is 24.3 Å². The van der Waals surface area contributed by atoms with Gasteiger partial charge in [0.25, 0.3) is 0 Å². The molecular weight excluding hydrogens is 158 g/mol. The predicted molar refractivity (Wildman–Crippen MR) is 40.4 cm³/mol. The van der Waals surface area contributed by atoms with Crippen molar-refractivity contribution in [1.82, 2.24) is 5.48 Å². The lowest BCUT2D eigenvalue weighted by atomic mass is 10.1. The van der Waals surface area contributed by atoms with Gasteiger partial charge in [-0.2, -0.15) is 5.48 Å². The first-order valence-corrected chi connectivity index (χ1v) is 3.52. The molecule has 2 N–H and O–H groups in total. The molecule has 1 heterocycles. The van der Waals surface area contributed by atoms with E-state index in [0.717, 1.165) is 0 Å². The molecule has 62 valence electrons. The number of aromatic carboxylic acids is 1. The van der Waals surface area contributed by atoms with Crippen molar-refractivity contribution in [2.75, 3.05) is 0 Å². The van der Waals surface area contributed by atoms with E-state index in [1.807, 2.05) is 0 Å². The Morgan fingerprint density at radius 2 is 2.17 bits per heavy atom. The maximum Gasteiger partial charge on any atom is 0.336 e. The van der Waals surface area contributed by atoms with Crippen molar-refractivity contribution in [1.29, 1.82) is 0 Å². The molecule has 0 aromatic heterocycles. The molecule has 4 nitrogen and oxygen atoms in total. The lowest BCUT2D eigenvalue weighted by Crippen LogP contribution is -2.01. The minimum atomic E-state index is -0.928. The van der Waals surface area contributed by atoms with Crippen molar-refractivity contribution in [3.05, 3.63) is 35.4 Å². The molecule has 0 saturated carbocycles. The summed E-state index contributed by atoms with van der Waals surface area (Å²) in [7, 11) is 0. The van der Waals surface area contributed by atoms with Gasteiger partial charge in [-0.1, -0.05) is 18.2 Å². The minimum absolute atomic E-state index is 0.239. The van der Waals surface area contributed by atoms with Gasteiger partial charge in [-0.3, -0.25) is 4.84 Å². The van der Waals surface area contributed by atoms with Crippen molar-refractivity contribution in [2.45, 2.75) is 6.23 Å². The number of nitrogens with one attached hydrogen (secondary N) is 1. The minimum Gasteiger partial charge on any atom is -0.478 e. The van der Waals surface area contributed by atoms with Crippen LogP contribution in [0.5, 0.6) is 0 Å². The van der Waals surface area contributed by atoms with Gasteiger partial charge in [-0.05, 0) is 6.07 Å². The van der Waals surface area contributed by atoms with Crippen LogP contribution in [-0.4, -0.2) is 11.1 Å². The fraction of sp³-hybridized carbons (Fsp3) is 0.125. The normalized spacial score (nSPS) is 20.5. The van der Waals surface area contributed by atoms with E-state index in [-0.39, 0.29) is 11.8 Å². The third-order valence-electron chi connectivity index (χ3n) is 1.71. The van der Waals surface area contributed by atoms with Gasteiger partial charge in [0, 0.05) is 5.56 Å². The maximum atomic E-state index is 10.7. The zero-order valence-corrected chi connectivity index (χ0v) is 6.15. The summed E-state index contributed by atoms with van der Waals surface area (Å²) in [5.74, 6) is -0.928. The molecular formula is C8H7NO3. The van der Waals surface area contributed by atoms with E-state index >= 15 is 0 Å². The van der Waals surface area contributed by atoms with Crippen LogP contribution in [0.15, 0.2) is 24.3 Å². The van der Waals surface area contributed by atoms with Crippen molar-refractivity contribution in [3.63, 3.8) is 0 Å². The molecule has 0 spiro atoms. The first-order chi connectivity index (χ1) is 5.79. The molecule has 1 aliphatic rings. The van der Waals surface area contributed by atoms with E-state index in [9.17, 15) is 4.79 Å². The van der Waals surface area contributed by atoms with Gasteiger partial charge in [-0.15, -0.1) is 0 Å².